The summed E-state index contributed by atoms with van der Waals surface area (Å²) in [5.74, 6) is -0.0822. The minimum Gasteiger partial charge on any atom is -0.463 e. The van der Waals surface area contributed by atoms with Gasteiger partial charge in [0, 0.05) is 16.8 Å². The predicted octanol–water partition coefficient (Wildman–Crippen LogP) is 3.34. The third-order valence-corrected chi connectivity index (χ3v) is 3.52. The van der Waals surface area contributed by atoms with Gasteiger partial charge in [-0.1, -0.05) is 41.1 Å². The first-order valence-electron chi connectivity index (χ1n) is 5.59. The van der Waals surface area contributed by atoms with Gasteiger partial charge in [-0.2, -0.15) is 0 Å². The maximum atomic E-state index is 12.1. The summed E-state index contributed by atoms with van der Waals surface area (Å²) < 4.78 is 5.35. The summed E-state index contributed by atoms with van der Waals surface area (Å²) in [6.07, 6.45) is 2.41. The Hall–Kier alpha value is -1.29. The van der Waals surface area contributed by atoms with Crippen molar-refractivity contribution < 1.29 is 9.21 Å². The highest BCUT2D eigenvalue weighted by molar-refractivity contribution is 9.09. The van der Waals surface area contributed by atoms with E-state index < -0.39 is 0 Å². The SMILES string of the molecule is CCC(CBr)NC(=O)c1coc2ccccc12. The van der Waals surface area contributed by atoms with Crippen molar-refractivity contribution in [3.05, 3.63) is 36.1 Å². The third kappa shape index (κ3) is 2.52. The smallest absolute Gasteiger partial charge is 0.255 e. The molecular weight excluding hydrogens is 282 g/mol. The molecule has 0 spiro atoms. The molecular formula is C13H14BrNO2. The first kappa shape index (κ1) is 12.2. The van der Waals surface area contributed by atoms with E-state index in [0.29, 0.717) is 5.56 Å². The van der Waals surface area contributed by atoms with Crippen LogP contribution in [0.5, 0.6) is 0 Å². The Morgan fingerprint density at radius 3 is 2.94 bits per heavy atom. The van der Waals surface area contributed by atoms with Crippen LogP contribution in [-0.4, -0.2) is 17.3 Å². The van der Waals surface area contributed by atoms with Crippen molar-refractivity contribution in [1.82, 2.24) is 5.32 Å². The second-order valence-corrected chi connectivity index (χ2v) is 4.53. The van der Waals surface area contributed by atoms with Crippen molar-refractivity contribution in [1.29, 1.82) is 0 Å². The molecule has 1 N–H and O–H groups in total. The molecule has 0 radical (unpaired) electrons. The van der Waals surface area contributed by atoms with Gasteiger partial charge in [-0.05, 0) is 12.5 Å². The van der Waals surface area contributed by atoms with Gasteiger partial charge in [0.15, 0.2) is 0 Å². The number of rotatable bonds is 4. The molecule has 0 saturated heterocycles. The van der Waals surface area contributed by atoms with E-state index in [-0.39, 0.29) is 11.9 Å². The van der Waals surface area contributed by atoms with E-state index in [9.17, 15) is 4.79 Å². The normalized spacial score (nSPS) is 12.6. The van der Waals surface area contributed by atoms with E-state index in [2.05, 4.69) is 21.2 Å². The van der Waals surface area contributed by atoms with E-state index in [1.54, 1.807) is 0 Å². The molecule has 0 fully saturated rings. The molecule has 1 aromatic carbocycles. The first-order chi connectivity index (χ1) is 8.26. The number of hydrogen-bond acceptors (Lipinski definition) is 2. The highest BCUT2D eigenvalue weighted by Gasteiger charge is 2.15. The number of nitrogens with one attached hydrogen (secondary N) is 1. The largest absolute Gasteiger partial charge is 0.463 e. The number of furan rings is 1. The van der Waals surface area contributed by atoms with Gasteiger partial charge in [-0.25, -0.2) is 0 Å². The summed E-state index contributed by atoms with van der Waals surface area (Å²) in [5, 5.41) is 4.58. The van der Waals surface area contributed by atoms with Crippen molar-refractivity contribution in [2.24, 2.45) is 0 Å². The lowest BCUT2D eigenvalue weighted by Crippen LogP contribution is -2.35. The molecule has 1 amide bonds. The standard InChI is InChI=1S/C13H14BrNO2/c1-2-9(7-14)15-13(16)11-8-17-12-6-4-3-5-10(11)12/h3-6,8-9H,2,7H2,1H3,(H,15,16). The van der Waals surface area contributed by atoms with Crippen LogP contribution < -0.4 is 5.32 Å². The molecule has 2 aromatic rings. The van der Waals surface area contributed by atoms with Gasteiger partial charge >= 0.3 is 0 Å². The van der Waals surface area contributed by atoms with Crippen LogP contribution in [-0.2, 0) is 0 Å². The number of amides is 1. The molecule has 90 valence electrons. The fourth-order valence-electron chi connectivity index (χ4n) is 1.67. The maximum absolute atomic E-state index is 12.1. The van der Waals surface area contributed by atoms with E-state index in [0.717, 1.165) is 22.7 Å². The number of benzene rings is 1. The molecule has 0 aliphatic rings. The molecule has 1 aromatic heterocycles. The van der Waals surface area contributed by atoms with E-state index >= 15 is 0 Å². The molecule has 2 rings (SSSR count). The fourth-order valence-corrected chi connectivity index (χ4v) is 2.29. The monoisotopic (exact) mass is 295 g/mol. The zero-order valence-corrected chi connectivity index (χ0v) is 11.2. The summed E-state index contributed by atoms with van der Waals surface area (Å²) in [6.45, 7) is 2.04. The number of fused-ring (bicyclic) bond motifs is 1. The minimum atomic E-state index is -0.0822. The van der Waals surface area contributed by atoms with E-state index in [4.69, 9.17) is 4.42 Å². The van der Waals surface area contributed by atoms with Crippen molar-refractivity contribution in [2.45, 2.75) is 19.4 Å². The van der Waals surface area contributed by atoms with Crippen LogP contribution in [0.2, 0.25) is 0 Å². The molecule has 0 bridgehead atoms. The van der Waals surface area contributed by atoms with Gasteiger partial charge in [0.2, 0.25) is 0 Å². The fraction of sp³-hybridized carbons (Fsp3) is 0.308. The Morgan fingerprint density at radius 2 is 2.24 bits per heavy atom. The lowest BCUT2D eigenvalue weighted by Gasteiger charge is -2.12. The lowest BCUT2D eigenvalue weighted by atomic mass is 10.1. The van der Waals surface area contributed by atoms with Crippen molar-refractivity contribution in [3.8, 4) is 0 Å². The van der Waals surface area contributed by atoms with Crippen LogP contribution in [0.3, 0.4) is 0 Å². The highest BCUT2D eigenvalue weighted by atomic mass is 79.9. The van der Waals surface area contributed by atoms with Gasteiger partial charge in [-0.3, -0.25) is 4.79 Å². The Bertz CT molecular complexity index is 517. The van der Waals surface area contributed by atoms with Crippen molar-refractivity contribution >= 4 is 32.8 Å². The van der Waals surface area contributed by atoms with Crippen molar-refractivity contribution in [2.75, 3.05) is 5.33 Å². The number of halogens is 1. The molecule has 0 aliphatic carbocycles. The average molecular weight is 296 g/mol. The van der Waals surface area contributed by atoms with Crippen LogP contribution in [0.15, 0.2) is 34.9 Å². The lowest BCUT2D eigenvalue weighted by molar-refractivity contribution is 0.0941. The van der Waals surface area contributed by atoms with Crippen LogP contribution >= 0.6 is 15.9 Å². The molecule has 3 nitrogen and oxygen atoms in total. The number of para-hydroxylation sites is 1. The Balaban J connectivity index is 2.25. The van der Waals surface area contributed by atoms with Crippen LogP contribution in [0, 0.1) is 0 Å². The quantitative estimate of drug-likeness (QED) is 0.879. The van der Waals surface area contributed by atoms with Crippen LogP contribution in [0.4, 0.5) is 0 Å². The van der Waals surface area contributed by atoms with Gasteiger partial charge in [-0.15, -0.1) is 0 Å². The maximum Gasteiger partial charge on any atom is 0.255 e. The summed E-state index contributed by atoms with van der Waals surface area (Å²) in [4.78, 5) is 12.1. The molecule has 4 heteroatoms. The first-order valence-corrected chi connectivity index (χ1v) is 6.71. The summed E-state index contributed by atoms with van der Waals surface area (Å²) in [7, 11) is 0. The van der Waals surface area contributed by atoms with Gasteiger partial charge < -0.3 is 9.73 Å². The summed E-state index contributed by atoms with van der Waals surface area (Å²) >= 11 is 3.38. The van der Waals surface area contributed by atoms with Gasteiger partial charge in [0.1, 0.15) is 11.8 Å². The van der Waals surface area contributed by atoms with Gasteiger partial charge in [0.25, 0.3) is 5.91 Å². The number of hydrogen-bond donors (Lipinski definition) is 1. The third-order valence-electron chi connectivity index (χ3n) is 2.74. The second-order valence-electron chi connectivity index (χ2n) is 3.88. The van der Waals surface area contributed by atoms with E-state index in [1.165, 1.54) is 6.26 Å². The molecule has 0 saturated carbocycles. The molecule has 1 heterocycles. The van der Waals surface area contributed by atoms with Crippen LogP contribution in [0.1, 0.15) is 23.7 Å². The Kier molecular flexibility index (Phi) is 3.84. The van der Waals surface area contributed by atoms with Gasteiger partial charge in [0.05, 0.1) is 5.56 Å². The number of carbonyl (C=O) groups is 1. The Labute approximate surface area is 108 Å². The molecule has 1 atom stereocenters. The van der Waals surface area contributed by atoms with Crippen molar-refractivity contribution in [3.63, 3.8) is 0 Å². The number of alkyl halides is 1. The topological polar surface area (TPSA) is 42.2 Å². The molecule has 0 aliphatic heterocycles. The zero-order chi connectivity index (χ0) is 12.3. The second kappa shape index (κ2) is 5.36. The Morgan fingerprint density at radius 1 is 1.47 bits per heavy atom. The summed E-state index contributed by atoms with van der Waals surface area (Å²) in [5.41, 5.74) is 1.34. The van der Waals surface area contributed by atoms with E-state index in [1.807, 2.05) is 31.2 Å². The van der Waals surface area contributed by atoms with Crippen LogP contribution in [0.25, 0.3) is 11.0 Å². The molecule has 17 heavy (non-hydrogen) atoms. The molecule has 1 unspecified atom stereocenters. The average Bonchev–Trinajstić information content (AvgIpc) is 2.79. The zero-order valence-electron chi connectivity index (χ0n) is 9.57. The number of carbonyl (C=O) groups excluding carboxylic acids is 1. The predicted molar refractivity (Wildman–Crippen MR) is 71.6 cm³/mol. The minimum absolute atomic E-state index is 0.0822. The highest BCUT2D eigenvalue weighted by Crippen LogP contribution is 2.20. The summed E-state index contributed by atoms with van der Waals surface area (Å²) in [6, 6.07) is 7.68.